The van der Waals surface area contributed by atoms with E-state index in [1.165, 1.54) is 0 Å². The van der Waals surface area contributed by atoms with Crippen molar-refractivity contribution in [3.8, 4) is 0 Å². The first kappa shape index (κ1) is 14.5. The van der Waals surface area contributed by atoms with Crippen LogP contribution in [0.1, 0.15) is 36.5 Å². The maximum atomic E-state index is 12.6. The number of amides is 1. The third-order valence-electron chi connectivity index (χ3n) is 3.43. The molecule has 0 spiro atoms. The van der Waals surface area contributed by atoms with Crippen LogP contribution in [0.15, 0.2) is 22.9 Å². The van der Waals surface area contributed by atoms with E-state index in [9.17, 15) is 4.79 Å². The average Bonchev–Trinajstić information content (AvgIpc) is 2.45. The molecular weight excluding hydrogens is 306 g/mol. The van der Waals surface area contributed by atoms with E-state index in [1.54, 1.807) is 12.4 Å². The number of rotatable bonds is 4. The van der Waals surface area contributed by atoms with Gasteiger partial charge in [0.1, 0.15) is 0 Å². The SMILES string of the molecule is CCCN(C(=O)c1cncc(Br)c1)C1CCNCC1. The summed E-state index contributed by atoms with van der Waals surface area (Å²) in [5.41, 5.74) is 0.668. The second-order valence-electron chi connectivity index (χ2n) is 4.87. The molecule has 0 bridgehead atoms. The Balaban J connectivity index is 2.15. The van der Waals surface area contributed by atoms with Gasteiger partial charge in [0.25, 0.3) is 5.91 Å². The van der Waals surface area contributed by atoms with E-state index < -0.39 is 0 Å². The molecule has 5 heteroatoms. The lowest BCUT2D eigenvalue weighted by atomic mass is 10.0. The average molecular weight is 326 g/mol. The van der Waals surface area contributed by atoms with Crippen molar-refractivity contribution in [3.05, 3.63) is 28.5 Å². The molecular formula is C14H20BrN3O. The number of pyridine rings is 1. The molecule has 1 fully saturated rings. The molecule has 1 N–H and O–H groups in total. The van der Waals surface area contributed by atoms with Gasteiger partial charge in [0.05, 0.1) is 5.56 Å². The van der Waals surface area contributed by atoms with Crippen LogP contribution in [0.4, 0.5) is 0 Å². The van der Waals surface area contributed by atoms with Crippen LogP contribution < -0.4 is 5.32 Å². The molecule has 2 heterocycles. The van der Waals surface area contributed by atoms with Crippen LogP contribution in [0, 0.1) is 0 Å². The largest absolute Gasteiger partial charge is 0.336 e. The van der Waals surface area contributed by atoms with E-state index in [-0.39, 0.29) is 5.91 Å². The number of hydrogen-bond donors (Lipinski definition) is 1. The maximum absolute atomic E-state index is 12.6. The third-order valence-corrected chi connectivity index (χ3v) is 3.86. The van der Waals surface area contributed by atoms with Crippen LogP contribution in [0.3, 0.4) is 0 Å². The van der Waals surface area contributed by atoms with Crippen molar-refractivity contribution < 1.29 is 4.79 Å². The van der Waals surface area contributed by atoms with Crippen molar-refractivity contribution >= 4 is 21.8 Å². The highest BCUT2D eigenvalue weighted by molar-refractivity contribution is 9.10. The van der Waals surface area contributed by atoms with Crippen molar-refractivity contribution in [1.29, 1.82) is 0 Å². The predicted octanol–water partition coefficient (Wildman–Crippen LogP) is 2.45. The lowest BCUT2D eigenvalue weighted by molar-refractivity contribution is 0.0642. The molecule has 0 unspecified atom stereocenters. The Morgan fingerprint density at radius 3 is 2.84 bits per heavy atom. The molecule has 0 radical (unpaired) electrons. The van der Waals surface area contributed by atoms with Gasteiger partial charge in [0, 0.05) is 29.5 Å². The van der Waals surface area contributed by atoms with Crippen molar-refractivity contribution in [2.75, 3.05) is 19.6 Å². The fourth-order valence-electron chi connectivity index (χ4n) is 2.50. The summed E-state index contributed by atoms with van der Waals surface area (Å²) >= 11 is 3.37. The van der Waals surface area contributed by atoms with Gasteiger partial charge in [-0.05, 0) is 54.3 Å². The monoisotopic (exact) mass is 325 g/mol. The number of carbonyl (C=O) groups excluding carboxylic acids is 1. The molecule has 0 saturated carbocycles. The van der Waals surface area contributed by atoms with E-state index in [0.29, 0.717) is 11.6 Å². The van der Waals surface area contributed by atoms with Crippen LogP contribution in [0.2, 0.25) is 0 Å². The zero-order valence-electron chi connectivity index (χ0n) is 11.2. The maximum Gasteiger partial charge on any atom is 0.255 e. The van der Waals surface area contributed by atoms with Crippen LogP contribution in [-0.2, 0) is 0 Å². The second kappa shape index (κ2) is 7.01. The Morgan fingerprint density at radius 1 is 1.47 bits per heavy atom. The van der Waals surface area contributed by atoms with Crippen molar-refractivity contribution in [3.63, 3.8) is 0 Å². The van der Waals surface area contributed by atoms with Crippen LogP contribution in [0.5, 0.6) is 0 Å². The molecule has 1 aliphatic heterocycles. The smallest absolute Gasteiger partial charge is 0.255 e. The zero-order valence-corrected chi connectivity index (χ0v) is 12.8. The van der Waals surface area contributed by atoms with Crippen molar-refractivity contribution in [2.24, 2.45) is 0 Å². The topological polar surface area (TPSA) is 45.2 Å². The molecule has 1 amide bonds. The Labute approximate surface area is 122 Å². The van der Waals surface area contributed by atoms with Crippen molar-refractivity contribution in [2.45, 2.75) is 32.2 Å². The van der Waals surface area contributed by atoms with Crippen LogP contribution in [0.25, 0.3) is 0 Å². The number of carbonyl (C=O) groups is 1. The molecule has 2 rings (SSSR count). The Morgan fingerprint density at radius 2 is 2.21 bits per heavy atom. The third kappa shape index (κ3) is 3.76. The molecule has 104 valence electrons. The van der Waals surface area contributed by atoms with Gasteiger partial charge in [-0.25, -0.2) is 0 Å². The summed E-state index contributed by atoms with van der Waals surface area (Å²) in [6.07, 6.45) is 6.40. The van der Waals surface area contributed by atoms with Gasteiger partial charge in [0.15, 0.2) is 0 Å². The summed E-state index contributed by atoms with van der Waals surface area (Å²) in [6, 6.07) is 2.20. The summed E-state index contributed by atoms with van der Waals surface area (Å²) in [4.78, 5) is 18.7. The fourth-order valence-corrected chi connectivity index (χ4v) is 2.87. The number of hydrogen-bond acceptors (Lipinski definition) is 3. The first-order valence-electron chi connectivity index (χ1n) is 6.84. The molecule has 0 atom stereocenters. The van der Waals surface area contributed by atoms with E-state index in [4.69, 9.17) is 0 Å². The normalized spacial score (nSPS) is 16.3. The molecule has 1 saturated heterocycles. The summed E-state index contributed by atoms with van der Waals surface area (Å²) in [7, 11) is 0. The minimum Gasteiger partial charge on any atom is -0.336 e. The molecule has 1 aromatic heterocycles. The van der Waals surface area contributed by atoms with Crippen LogP contribution in [-0.4, -0.2) is 41.5 Å². The highest BCUT2D eigenvalue weighted by atomic mass is 79.9. The van der Waals surface area contributed by atoms with Gasteiger partial charge in [0.2, 0.25) is 0 Å². The van der Waals surface area contributed by atoms with E-state index in [1.807, 2.05) is 11.0 Å². The summed E-state index contributed by atoms with van der Waals surface area (Å²) in [5.74, 6) is 0.0996. The molecule has 1 aromatic rings. The molecule has 4 nitrogen and oxygen atoms in total. The van der Waals surface area contributed by atoms with Gasteiger partial charge in [-0.2, -0.15) is 0 Å². The molecule has 0 aliphatic carbocycles. The van der Waals surface area contributed by atoms with Crippen molar-refractivity contribution in [1.82, 2.24) is 15.2 Å². The number of nitrogens with zero attached hydrogens (tertiary/aromatic N) is 2. The van der Waals surface area contributed by atoms with Gasteiger partial charge in [-0.1, -0.05) is 6.92 Å². The van der Waals surface area contributed by atoms with Gasteiger partial charge >= 0.3 is 0 Å². The number of halogens is 1. The van der Waals surface area contributed by atoms with Gasteiger partial charge < -0.3 is 10.2 Å². The first-order valence-corrected chi connectivity index (χ1v) is 7.64. The number of piperidine rings is 1. The minimum atomic E-state index is 0.0996. The minimum absolute atomic E-state index is 0.0996. The molecule has 1 aliphatic rings. The van der Waals surface area contributed by atoms with E-state index in [0.717, 1.165) is 43.4 Å². The predicted molar refractivity (Wildman–Crippen MR) is 79.2 cm³/mol. The van der Waals surface area contributed by atoms with Gasteiger partial charge in [-0.3, -0.25) is 9.78 Å². The number of nitrogens with one attached hydrogen (secondary N) is 1. The summed E-state index contributed by atoms with van der Waals surface area (Å²) in [6.45, 7) is 4.92. The Kier molecular flexibility index (Phi) is 5.34. The highest BCUT2D eigenvalue weighted by Gasteiger charge is 2.25. The standard InChI is InChI=1S/C14H20BrN3O/c1-2-7-18(13-3-5-16-6-4-13)14(19)11-8-12(15)10-17-9-11/h8-10,13,16H,2-7H2,1H3. The molecule has 0 aromatic carbocycles. The second-order valence-corrected chi connectivity index (χ2v) is 5.79. The van der Waals surface area contributed by atoms with E-state index >= 15 is 0 Å². The first-order chi connectivity index (χ1) is 9.22. The Hall–Kier alpha value is -0.940. The summed E-state index contributed by atoms with van der Waals surface area (Å²) in [5, 5.41) is 3.34. The zero-order chi connectivity index (χ0) is 13.7. The fraction of sp³-hybridized carbons (Fsp3) is 0.571. The Bertz CT molecular complexity index is 432. The van der Waals surface area contributed by atoms with E-state index in [2.05, 4.69) is 33.2 Å². The lowest BCUT2D eigenvalue weighted by Crippen LogP contribution is -2.46. The quantitative estimate of drug-likeness (QED) is 0.924. The number of aromatic nitrogens is 1. The van der Waals surface area contributed by atoms with Gasteiger partial charge in [-0.15, -0.1) is 0 Å². The highest BCUT2D eigenvalue weighted by Crippen LogP contribution is 2.18. The van der Waals surface area contributed by atoms with Crippen LogP contribution >= 0.6 is 15.9 Å². The lowest BCUT2D eigenvalue weighted by Gasteiger charge is -2.34. The molecule has 19 heavy (non-hydrogen) atoms. The summed E-state index contributed by atoms with van der Waals surface area (Å²) < 4.78 is 0.847.